The van der Waals surface area contributed by atoms with Crippen LogP contribution >= 0.6 is 0 Å². The van der Waals surface area contributed by atoms with E-state index in [1.54, 1.807) is 24.3 Å². The minimum Gasteiger partial charge on any atom is -0.507 e. The van der Waals surface area contributed by atoms with Gasteiger partial charge in [0, 0.05) is 11.1 Å². The molecule has 2 N–H and O–H groups in total. The standard InChI is InChI=1S/C24H24N4O2/c1-24(2,3)19-11-9-17(10-12-19)23(30)28-25-16-18-15-21(13-14-22(18)29)27-26-20-7-5-4-6-8-20/h4-16,29H,1-3H3,(H,28,30)/b25-16-,27-26?. The number of carbonyl (C=O) groups is 1. The fraction of sp³-hybridized carbons (Fsp3) is 0.167. The van der Waals surface area contributed by atoms with Crippen LogP contribution in [0.4, 0.5) is 11.4 Å². The van der Waals surface area contributed by atoms with E-state index < -0.39 is 0 Å². The third-order valence-corrected chi connectivity index (χ3v) is 4.43. The number of nitrogens with one attached hydrogen (secondary N) is 1. The van der Waals surface area contributed by atoms with Gasteiger partial charge in [0.1, 0.15) is 5.75 Å². The highest BCUT2D eigenvalue weighted by Crippen LogP contribution is 2.24. The summed E-state index contributed by atoms with van der Waals surface area (Å²) in [5, 5.41) is 22.3. The van der Waals surface area contributed by atoms with Crippen LogP contribution in [-0.2, 0) is 5.41 Å². The van der Waals surface area contributed by atoms with Gasteiger partial charge < -0.3 is 5.11 Å². The lowest BCUT2D eigenvalue weighted by atomic mass is 9.87. The Hall–Kier alpha value is -3.80. The van der Waals surface area contributed by atoms with E-state index in [1.807, 2.05) is 42.5 Å². The predicted octanol–water partition coefficient (Wildman–Crippen LogP) is 5.87. The number of benzene rings is 3. The van der Waals surface area contributed by atoms with Crippen molar-refractivity contribution in [2.75, 3.05) is 0 Å². The van der Waals surface area contributed by atoms with Crippen LogP contribution in [-0.4, -0.2) is 17.2 Å². The van der Waals surface area contributed by atoms with E-state index in [1.165, 1.54) is 12.3 Å². The first-order chi connectivity index (χ1) is 14.3. The Labute approximate surface area is 176 Å². The number of azo groups is 1. The number of hydrogen-bond acceptors (Lipinski definition) is 5. The topological polar surface area (TPSA) is 86.4 Å². The molecular formula is C24H24N4O2. The molecule has 0 spiro atoms. The summed E-state index contributed by atoms with van der Waals surface area (Å²) in [6.45, 7) is 6.35. The molecule has 152 valence electrons. The molecule has 3 rings (SSSR count). The number of hydrogen-bond donors (Lipinski definition) is 2. The highest BCUT2D eigenvalue weighted by atomic mass is 16.3. The van der Waals surface area contributed by atoms with Crippen molar-refractivity contribution in [1.82, 2.24) is 5.43 Å². The molecule has 0 saturated carbocycles. The van der Waals surface area contributed by atoms with Gasteiger partial charge in [-0.3, -0.25) is 4.79 Å². The Morgan fingerprint density at radius 2 is 1.57 bits per heavy atom. The average molecular weight is 400 g/mol. The zero-order chi connectivity index (χ0) is 21.6. The molecule has 1 amide bonds. The molecule has 0 atom stereocenters. The molecular weight excluding hydrogens is 376 g/mol. The normalized spacial score (nSPS) is 11.8. The lowest BCUT2D eigenvalue weighted by Gasteiger charge is -2.18. The number of aromatic hydroxyl groups is 1. The third kappa shape index (κ3) is 5.61. The number of carbonyl (C=O) groups excluding carboxylic acids is 1. The monoisotopic (exact) mass is 400 g/mol. The summed E-state index contributed by atoms with van der Waals surface area (Å²) in [6, 6.07) is 21.5. The van der Waals surface area contributed by atoms with Gasteiger partial charge in [0.15, 0.2) is 0 Å². The summed E-state index contributed by atoms with van der Waals surface area (Å²) in [4.78, 5) is 12.3. The first-order valence-corrected chi connectivity index (χ1v) is 9.57. The maximum absolute atomic E-state index is 12.3. The number of rotatable bonds is 5. The van der Waals surface area contributed by atoms with Crippen molar-refractivity contribution in [1.29, 1.82) is 0 Å². The molecule has 0 bridgehead atoms. The molecule has 0 aliphatic heterocycles. The summed E-state index contributed by atoms with van der Waals surface area (Å²) < 4.78 is 0. The molecule has 0 fully saturated rings. The Kier molecular flexibility index (Phi) is 6.37. The first kappa shape index (κ1) is 20.9. The Morgan fingerprint density at radius 3 is 2.23 bits per heavy atom. The lowest BCUT2D eigenvalue weighted by molar-refractivity contribution is 0.0955. The fourth-order valence-electron chi connectivity index (χ4n) is 2.66. The van der Waals surface area contributed by atoms with Gasteiger partial charge in [-0.15, -0.1) is 0 Å². The van der Waals surface area contributed by atoms with Gasteiger partial charge in [-0.25, -0.2) is 5.43 Å². The molecule has 3 aromatic carbocycles. The van der Waals surface area contributed by atoms with Crippen LogP contribution in [0.2, 0.25) is 0 Å². The molecule has 0 saturated heterocycles. The Bertz CT molecular complexity index is 1070. The van der Waals surface area contributed by atoms with Gasteiger partial charge in [0.25, 0.3) is 5.91 Å². The van der Waals surface area contributed by atoms with Gasteiger partial charge in [0.2, 0.25) is 0 Å². The summed E-state index contributed by atoms with van der Waals surface area (Å²) in [5.74, 6) is -0.299. The van der Waals surface area contributed by atoms with Crippen LogP contribution in [0, 0.1) is 0 Å². The zero-order valence-electron chi connectivity index (χ0n) is 17.2. The number of phenols is 1. The largest absolute Gasteiger partial charge is 0.507 e. The van der Waals surface area contributed by atoms with Crippen molar-refractivity contribution in [3.63, 3.8) is 0 Å². The van der Waals surface area contributed by atoms with Crippen molar-refractivity contribution in [3.05, 3.63) is 89.5 Å². The van der Waals surface area contributed by atoms with Crippen LogP contribution in [0.1, 0.15) is 42.3 Å². The van der Waals surface area contributed by atoms with E-state index in [0.29, 0.717) is 16.8 Å². The second kappa shape index (κ2) is 9.13. The smallest absolute Gasteiger partial charge is 0.271 e. The van der Waals surface area contributed by atoms with E-state index in [-0.39, 0.29) is 17.1 Å². The van der Waals surface area contributed by atoms with E-state index in [4.69, 9.17) is 0 Å². The highest BCUT2D eigenvalue weighted by Gasteiger charge is 2.14. The van der Waals surface area contributed by atoms with Crippen molar-refractivity contribution in [2.45, 2.75) is 26.2 Å². The number of phenolic OH excluding ortho intramolecular Hbond substituents is 1. The summed E-state index contributed by atoms with van der Waals surface area (Å²) >= 11 is 0. The lowest BCUT2D eigenvalue weighted by Crippen LogP contribution is -2.18. The molecule has 3 aromatic rings. The fourth-order valence-corrected chi connectivity index (χ4v) is 2.66. The molecule has 0 aliphatic carbocycles. The molecule has 30 heavy (non-hydrogen) atoms. The van der Waals surface area contributed by atoms with Crippen molar-refractivity contribution < 1.29 is 9.90 Å². The molecule has 6 heteroatoms. The molecule has 0 radical (unpaired) electrons. The molecule has 0 aliphatic rings. The van der Waals surface area contributed by atoms with Crippen LogP contribution in [0.25, 0.3) is 0 Å². The first-order valence-electron chi connectivity index (χ1n) is 9.57. The van der Waals surface area contributed by atoms with Gasteiger partial charge >= 0.3 is 0 Å². The van der Waals surface area contributed by atoms with E-state index in [2.05, 4.69) is 41.5 Å². The summed E-state index contributed by atoms with van der Waals surface area (Å²) in [6.07, 6.45) is 1.37. The molecule has 0 aromatic heterocycles. The minimum atomic E-state index is -0.328. The predicted molar refractivity (Wildman–Crippen MR) is 119 cm³/mol. The van der Waals surface area contributed by atoms with E-state index in [0.717, 1.165) is 11.3 Å². The van der Waals surface area contributed by atoms with Gasteiger partial charge in [-0.1, -0.05) is 51.1 Å². The Balaban J connectivity index is 1.67. The average Bonchev–Trinajstić information content (AvgIpc) is 2.74. The SMILES string of the molecule is CC(C)(C)c1ccc(C(=O)N/N=C\c2cc(N=Nc3ccccc3)ccc2O)cc1. The van der Waals surface area contributed by atoms with Gasteiger partial charge in [-0.05, 0) is 53.4 Å². The highest BCUT2D eigenvalue weighted by molar-refractivity contribution is 5.95. The van der Waals surface area contributed by atoms with E-state index in [9.17, 15) is 9.90 Å². The molecule has 6 nitrogen and oxygen atoms in total. The quantitative estimate of drug-likeness (QED) is 0.319. The van der Waals surface area contributed by atoms with Crippen LogP contribution in [0.5, 0.6) is 5.75 Å². The van der Waals surface area contributed by atoms with Crippen molar-refractivity contribution in [3.8, 4) is 5.75 Å². The Morgan fingerprint density at radius 1 is 0.900 bits per heavy atom. The van der Waals surface area contributed by atoms with Crippen molar-refractivity contribution in [2.24, 2.45) is 15.3 Å². The molecule has 0 unspecified atom stereocenters. The summed E-state index contributed by atoms with van der Waals surface area (Å²) in [5.41, 5.74) is 5.86. The third-order valence-electron chi connectivity index (χ3n) is 4.43. The maximum Gasteiger partial charge on any atom is 0.271 e. The zero-order valence-corrected chi connectivity index (χ0v) is 17.2. The second-order valence-corrected chi connectivity index (χ2v) is 7.81. The van der Waals surface area contributed by atoms with Gasteiger partial charge in [0.05, 0.1) is 17.6 Å². The maximum atomic E-state index is 12.3. The van der Waals surface area contributed by atoms with Crippen LogP contribution < -0.4 is 5.43 Å². The van der Waals surface area contributed by atoms with Crippen molar-refractivity contribution >= 4 is 23.5 Å². The van der Waals surface area contributed by atoms with Crippen LogP contribution in [0.15, 0.2) is 88.1 Å². The van der Waals surface area contributed by atoms with E-state index >= 15 is 0 Å². The second-order valence-electron chi connectivity index (χ2n) is 7.81. The summed E-state index contributed by atoms with van der Waals surface area (Å²) in [7, 11) is 0. The van der Waals surface area contributed by atoms with Gasteiger partial charge in [-0.2, -0.15) is 15.3 Å². The number of amides is 1. The molecule has 0 heterocycles. The van der Waals surface area contributed by atoms with Crippen LogP contribution in [0.3, 0.4) is 0 Å². The minimum absolute atomic E-state index is 0.0214. The number of hydrazone groups is 1. The number of nitrogens with zero attached hydrogens (tertiary/aromatic N) is 3.